The van der Waals surface area contributed by atoms with Crippen molar-refractivity contribution in [2.24, 2.45) is 7.05 Å². The summed E-state index contributed by atoms with van der Waals surface area (Å²) in [5, 5.41) is 0.556. The maximum atomic E-state index is 11.8. The highest BCUT2D eigenvalue weighted by molar-refractivity contribution is 9.10. The van der Waals surface area contributed by atoms with Crippen LogP contribution < -0.4 is 10.3 Å². The van der Waals surface area contributed by atoms with Crippen LogP contribution in [0.15, 0.2) is 27.7 Å². The molecule has 15 heavy (non-hydrogen) atoms. The number of fused-ring (bicyclic) bond motifs is 1. The minimum Gasteiger partial charge on any atom is -0.496 e. The van der Waals surface area contributed by atoms with Crippen LogP contribution in [0.5, 0.6) is 5.75 Å². The normalized spacial score (nSPS) is 10.6. The smallest absolute Gasteiger partial charge is 0.261 e. The minimum atomic E-state index is -0.0780. The fourth-order valence-corrected chi connectivity index (χ4v) is 1.86. The van der Waals surface area contributed by atoms with Crippen molar-refractivity contribution in [2.45, 2.75) is 0 Å². The Morgan fingerprint density at radius 2 is 2.20 bits per heavy atom. The lowest BCUT2D eigenvalue weighted by Gasteiger charge is -2.05. The molecule has 0 saturated heterocycles. The Morgan fingerprint density at radius 3 is 2.87 bits per heavy atom. The third-order valence-electron chi connectivity index (χ3n) is 2.19. The van der Waals surface area contributed by atoms with Crippen molar-refractivity contribution < 1.29 is 4.74 Å². The molecule has 1 aromatic carbocycles. The van der Waals surface area contributed by atoms with Crippen LogP contribution in [0.4, 0.5) is 0 Å². The quantitative estimate of drug-likeness (QED) is 0.791. The minimum absolute atomic E-state index is 0.0780. The Hall–Kier alpha value is -1.36. The molecule has 0 unspecified atom stereocenters. The van der Waals surface area contributed by atoms with E-state index in [4.69, 9.17) is 4.74 Å². The van der Waals surface area contributed by atoms with Gasteiger partial charge in [0.2, 0.25) is 0 Å². The summed E-state index contributed by atoms with van der Waals surface area (Å²) in [6, 6.07) is 3.46. The average molecular weight is 269 g/mol. The van der Waals surface area contributed by atoms with E-state index >= 15 is 0 Å². The molecular weight excluding hydrogens is 260 g/mol. The molecule has 0 radical (unpaired) electrons. The number of halogens is 1. The summed E-state index contributed by atoms with van der Waals surface area (Å²) >= 11 is 3.35. The van der Waals surface area contributed by atoms with E-state index < -0.39 is 0 Å². The van der Waals surface area contributed by atoms with Gasteiger partial charge in [-0.25, -0.2) is 4.98 Å². The van der Waals surface area contributed by atoms with E-state index in [9.17, 15) is 4.79 Å². The number of rotatable bonds is 1. The van der Waals surface area contributed by atoms with Gasteiger partial charge in [0.05, 0.1) is 28.8 Å². The highest BCUT2D eigenvalue weighted by atomic mass is 79.9. The zero-order valence-electron chi connectivity index (χ0n) is 8.32. The van der Waals surface area contributed by atoms with Crippen molar-refractivity contribution in [3.63, 3.8) is 0 Å². The van der Waals surface area contributed by atoms with Gasteiger partial charge in [0.25, 0.3) is 5.56 Å². The maximum absolute atomic E-state index is 11.8. The van der Waals surface area contributed by atoms with Crippen LogP contribution in [-0.4, -0.2) is 16.7 Å². The number of nitrogens with zero attached hydrogens (tertiary/aromatic N) is 2. The summed E-state index contributed by atoms with van der Waals surface area (Å²) < 4.78 is 7.36. The van der Waals surface area contributed by atoms with Gasteiger partial charge in [-0.2, -0.15) is 0 Å². The van der Waals surface area contributed by atoms with Crippen LogP contribution in [0.25, 0.3) is 10.9 Å². The first-order chi connectivity index (χ1) is 7.13. The van der Waals surface area contributed by atoms with Gasteiger partial charge in [-0.05, 0) is 28.1 Å². The van der Waals surface area contributed by atoms with E-state index in [-0.39, 0.29) is 5.56 Å². The van der Waals surface area contributed by atoms with Crippen molar-refractivity contribution in [3.05, 3.63) is 33.3 Å². The van der Waals surface area contributed by atoms with Crippen LogP contribution in [-0.2, 0) is 7.05 Å². The van der Waals surface area contributed by atoms with E-state index in [0.717, 1.165) is 4.47 Å². The van der Waals surface area contributed by atoms with Crippen LogP contribution >= 0.6 is 15.9 Å². The third-order valence-corrected chi connectivity index (χ3v) is 2.81. The molecule has 0 aliphatic heterocycles. The largest absolute Gasteiger partial charge is 0.496 e. The number of ether oxygens (including phenoxy) is 1. The predicted octanol–water partition coefficient (Wildman–Crippen LogP) is 1.70. The van der Waals surface area contributed by atoms with E-state index in [1.165, 1.54) is 10.9 Å². The number of aryl methyl sites for hydroxylation is 1. The molecule has 0 aliphatic rings. The van der Waals surface area contributed by atoms with E-state index in [1.54, 1.807) is 26.3 Å². The van der Waals surface area contributed by atoms with Gasteiger partial charge in [-0.1, -0.05) is 0 Å². The fraction of sp³-hybridized carbons (Fsp3) is 0.200. The number of benzene rings is 1. The highest BCUT2D eigenvalue weighted by Gasteiger charge is 2.07. The molecule has 0 fully saturated rings. The Morgan fingerprint density at radius 1 is 1.47 bits per heavy atom. The first-order valence-electron chi connectivity index (χ1n) is 4.32. The molecule has 1 aromatic heterocycles. The predicted molar refractivity (Wildman–Crippen MR) is 61.2 cm³/mol. The second-order valence-electron chi connectivity index (χ2n) is 3.16. The van der Waals surface area contributed by atoms with Crippen LogP contribution in [0, 0.1) is 0 Å². The summed E-state index contributed by atoms with van der Waals surface area (Å²) in [5.74, 6) is 0.632. The number of hydrogen-bond acceptors (Lipinski definition) is 3. The molecule has 0 amide bonds. The topological polar surface area (TPSA) is 44.1 Å². The molecule has 4 nitrogen and oxygen atoms in total. The summed E-state index contributed by atoms with van der Waals surface area (Å²) in [7, 11) is 3.23. The van der Waals surface area contributed by atoms with E-state index in [0.29, 0.717) is 16.7 Å². The summed E-state index contributed by atoms with van der Waals surface area (Å²) in [6.07, 6.45) is 1.50. The van der Waals surface area contributed by atoms with Gasteiger partial charge >= 0.3 is 0 Å². The monoisotopic (exact) mass is 268 g/mol. The van der Waals surface area contributed by atoms with Crippen molar-refractivity contribution in [1.82, 2.24) is 9.55 Å². The summed E-state index contributed by atoms with van der Waals surface area (Å²) in [5.41, 5.74) is 0.580. The van der Waals surface area contributed by atoms with Crippen LogP contribution in [0.1, 0.15) is 0 Å². The summed E-state index contributed by atoms with van der Waals surface area (Å²) in [4.78, 5) is 15.9. The molecule has 0 N–H and O–H groups in total. The molecule has 5 heteroatoms. The Bertz CT molecular complexity index is 577. The lowest BCUT2D eigenvalue weighted by atomic mass is 10.2. The molecule has 0 atom stereocenters. The highest BCUT2D eigenvalue weighted by Crippen LogP contribution is 2.27. The molecular formula is C10H9BrN2O2. The summed E-state index contributed by atoms with van der Waals surface area (Å²) in [6.45, 7) is 0. The van der Waals surface area contributed by atoms with Gasteiger partial charge in [0.15, 0.2) is 0 Å². The Kier molecular flexibility index (Phi) is 2.48. The number of methoxy groups -OCH3 is 1. The van der Waals surface area contributed by atoms with Gasteiger partial charge in [0.1, 0.15) is 5.75 Å². The zero-order valence-corrected chi connectivity index (χ0v) is 9.91. The van der Waals surface area contributed by atoms with E-state index in [1.807, 2.05) is 0 Å². The molecule has 0 bridgehead atoms. The molecule has 0 aliphatic carbocycles. The SMILES string of the molecule is COc1cc2c(=O)n(C)cnc2cc1Br. The molecule has 2 aromatic rings. The molecule has 1 heterocycles. The van der Waals surface area contributed by atoms with Crippen molar-refractivity contribution in [2.75, 3.05) is 7.11 Å². The maximum Gasteiger partial charge on any atom is 0.261 e. The van der Waals surface area contributed by atoms with Crippen molar-refractivity contribution >= 4 is 26.8 Å². The first-order valence-corrected chi connectivity index (χ1v) is 5.11. The second kappa shape index (κ2) is 3.66. The number of aromatic nitrogens is 2. The average Bonchev–Trinajstić information content (AvgIpc) is 2.23. The standard InChI is InChI=1S/C10H9BrN2O2/c1-13-5-12-8-4-7(11)9(15-2)3-6(8)10(13)14/h3-5H,1-2H3. The van der Waals surface area contributed by atoms with E-state index in [2.05, 4.69) is 20.9 Å². The first kappa shape index (κ1) is 10.2. The van der Waals surface area contributed by atoms with Crippen LogP contribution in [0.3, 0.4) is 0 Å². The Labute approximate surface area is 94.6 Å². The molecule has 0 spiro atoms. The van der Waals surface area contributed by atoms with Crippen LogP contribution in [0.2, 0.25) is 0 Å². The zero-order chi connectivity index (χ0) is 11.0. The van der Waals surface area contributed by atoms with Gasteiger partial charge < -0.3 is 9.30 Å². The third kappa shape index (κ3) is 1.63. The van der Waals surface area contributed by atoms with Crippen molar-refractivity contribution in [1.29, 1.82) is 0 Å². The van der Waals surface area contributed by atoms with Gasteiger partial charge in [-0.3, -0.25) is 4.79 Å². The Balaban J connectivity index is 2.89. The van der Waals surface area contributed by atoms with Gasteiger partial charge in [0, 0.05) is 7.05 Å². The van der Waals surface area contributed by atoms with Crippen molar-refractivity contribution in [3.8, 4) is 5.75 Å². The lowest BCUT2D eigenvalue weighted by Crippen LogP contribution is -2.16. The lowest BCUT2D eigenvalue weighted by molar-refractivity contribution is 0.412. The number of hydrogen-bond donors (Lipinski definition) is 0. The van der Waals surface area contributed by atoms with Gasteiger partial charge in [-0.15, -0.1) is 0 Å². The molecule has 78 valence electrons. The molecule has 0 saturated carbocycles. The molecule has 2 rings (SSSR count). The fourth-order valence-electron chi connectivity index (χ4n) is 1.37. The second-order valence-corrected chi connectivity index (χ2v) is 4.02.